The second kappa shape index (κ2) is 7.97. The van der Waals surface area contributed by atoms with Gasteiger partial charge < -0.3 is 9.47 Å². The zero-order valence-electron chi connectivity index (χ0n) is 15.9. The summed E-state index contributed by atoms with van der Waals surface area (Å²) < 4.78 is 30.3. The van der Waals surface area contributed by atoms with E-state index in [1.807, 2.05) is 30.3 Å². The number of likely N-dealkylation sites (tertiary alicyclic amines) is 1. The maximum atomic E-state index is 14.3. The predicted octanol–water partition coefficient (Wildman–Crippen LogP) is 4.21. The second-order valence-electron chi connectivity index (χ2n) is 8.11. The molecule has 0 bridgehead atoms. The minimum absolute atomic E-state index is 0.177. The van der Waals surface area contributed by atoms with E-state index in [9.17, 15) is 13.6 Å². The highest BCUT2D eigenvalue weighted by Gasteiger charge is 2.49. The molecule has 1 aliphatic carbocycles. The summed E-state index contributed by atoms with van der Waals surface area (Å²) in [5, 5.41) is 8.08. The first-order chi connectivity index (χ1) is 13.5. The number of amides is 1. The van der Waals surface area contributed by atoms with Gasteiger partial charge in [0.15, 0.2) is 5.82 Å². The number of carbonyl (C=O) groups is 1. The van der Waals surface area contributed by atoms with Gasteiger partial charge in [-0.1, -0.05) is 49.6 Å². The third-order valence-corrected chi connectivity index (χ3v) is 5.92. The molecule has 4 rings (SSSR count). The maximum Gasteiger partial charge on any atom is 0.267 e. The molecule has 1 aromatic heterocycles. The number of aromatic nitrogens is 3. The minimum atomic E-state index is -2.89. The van der Waals surface area contributed by atoms with E-state index in [2.05, 4.69) is 10.2 Å². The number of alkyl halides is 2. The fourth-order valence-electron chi connectivity index (χ4n) is 4.49. The summed E-state index contributed by atoms with van der Waals surface area (Å²) in [5.74, 6) is -2.31. The van der Waals surface area contributed by atoms with Gasteiger partial charge in [0, 0.05) is 12.8 Å². The fraction of sp³-hybridized carbons (Fsp3) is 0.571. The highest BCUT2D eigenvalue weighted by molar-refractivity contribution is 5.77. The highest BCUT2D eigenvalue weighted by atomic mass is 19.3. The average Bonchev–Trinajstić information content (AvgIpc) is 3.26. The van der Waals surface area contributed by atoms with Crippen LogP contribution in [0.1, 0.15) is 62.4 Å². The van der Waals surface area contributed by atoms with E-state index in [-0.39, 0.29) is 5.91 Å². The molecule has 28 heavy (non-hydrogen) atoms. The molecule has 1 aromatic carbocycles. The number of nitrogens with zero attached hydrogens (tertiary/aromatic N) is 4. The lowest BCUT2D eigenvalue weighted by Gasteiger charge is -2.27. The van der Waals surface area contributed by atoms with Crippen molar-refractivity contribution >= 4 is 5.91 Å². The molecule has 1 aliphatic heterocycles. The van der Waals surface area contributed by atoms with Crippen molar-refractivity contribution in [2.24, 2.45) is 5.92 Å². The summed E-state index contributed by atoms with van der Waals surface area (Å²) in [4.78, 5) is 14.3. The average molecular weight is 388 g/mol. The summed E-state index contributed by atoms with van der Waals surface area (Å²) in [7, 11) is 0. The molecule has 5 nitrogen and oxygen atoms in total. The van der Waals surface area contributed by atoms with E-state index in [4.69, 9.17) is 0 Å². The van der Waals surface area contributed by atoms with Crippen LogP contribution < -0.4 is 0 Å². The zero-order chi connectivity index (χ0) is 19.6. The van der Waals surface area contributed by atoms with E-state index in [1.54, 1.807) is 10.9 Å². The van der Waals surface area contributed by atoms with Crippen molar-refractivity contribution in [3.05, 3.63) is 48.0 Å². The SMILES string of the molecule is O=C(CC1CCCCC1)N1CC(F)(F)C[C@H]1c1nncn1Cc1ccccc1. The molecule has 150 valence electrons. The van der Waals surface area contributed by atoms with Gasteiger partial charge in [-0.25, -0.2) is 8.78 Å². The quantitative estimate of drug-likeness (QED) is 0.771. The van der Waals surface area contributed by atoms with Crippen LogP contribution in [0.5, 0.6) is 0 Å². The van der Waals surface area contributed by atoms with E-state index in [0.29, 0.717) is 24.7 Å². The standard InChI is InChI=1S/C21H26F2N4O/c22-21(23)12-18(27(14-21)19(28)11-16-7-3-1-4-8-16)20-25-24-15-26(20)13-17-9-5-2-6-10-17/h2,5-6,9-10,15-16,18H,1,3-4,7-8,11-14H2/t18-/m0/s1. The van der Waals surface area contributed by atoms with Gasteiger partial charge in [-0.15, -0.1) is 10.2 Å². The zero-order valence-corrected chi connectivity index (χ0v) is 15.9. The Morgan fingerprint density at radius 1 is 1.14 bits per heavy atom. The third-order valence-electron chi connectivity index (χ3n) is 5.92. The molecule has 2 aliphatic rings. The van der Waals surface area contributed by atoms with Crippen LogP contribution in [0.2, 0.25) is 0 Å². The Balaban J connectivity index is 1.53. The Hall–Kier alpha value is -2.31. The molecule has 2 aromatic rings. The smallest absolute Gasteiger partial charge is 0.267 e. The lowest BCUT2D eigenvalue weighted by atomic mass is 9.86. The summed E-state index contributed by atoms with van der Waals surface area (Å²) in [6.45, 7) is -0.0304. The van der Waals surface area contributed by atoms with Gasteiger partial charge in [-0.3, -0.25) is 4.79 Å². The van der Waals surface area contributed by atoms with Crippen molar-refractivity contribution < 1.29 is 13.6 Å². The molecule has 1 atom stereocenters. The van der Waals surface area contributed by atoms with Crippen LogP contribution in [-0.4, -0.2) is 38.0 Å². The molecule has 0 radical (unpaired) electrons. The molecular formula is C21H26F2N4O. The predicted molar refractivity (Wildman–Crippen MR) is 101 cm³/mol. The van der Waals surface area contributed by atoms with E-state index < -0.39 is 24.9 Å². The second-order valence-corrected chi connectivity index (χ2v) is 8.11. The van der Waals surface area contributed by atoms with Crippen molar-refractivity contribution in [3.8, 4) is 0 Å². The molecular weight excluding hydrogens is 362 g/mol. The molecule has 1 amide bonds. The van der Waals surface area contributed by atoms with Crippen LogP contribution in [0.25, 0.3) is 0 Å². The van der Waals surface area contributed by atoms with Crippen LogP contribution in [0, 0.1) is 5.92 Å². The van der Waals surface area contributed by atoms with Gasteiger partial charge in [0.2, 0.25) is 5.91 Å². The van der Waals surface area contributed by atoms with Crippen molar-refractivity contribution in [3.63, 3.8) is 0 Å². The monoisotopic (exact) mass is 388 g/mol. The van der Waals surface area contributed by atoms with Gasteiger partial charge in [-0.05, 0) is 24.3 Å². The Morgan fingerprint density at radius 2 is 1.89 bits per heavy atom. The summed E-state index contributed by atoms with van der Waals surface area (Å²) in [5.41, 5.74) is 1.04. The highest BCUT2D eigenvalue weighted by Crippen LogP contribution is 2.41. The van der Waals surface area contributed by atoms with E-state index >= 15 is 0 Å². The Bertz CT molecular complexity index is 802. The summed E-state index contributed by atoms with van der Waals surface area (Å²) >= 11 is 0. The van der Waals surface area contributed by atoms with Crippen molar-refractivity contribution in [2.45, 2.75) is 63.5 Å². The first-order valence-corrected chi connectivity index (χ1v) is 10.1. The third kappa shape index (κ3) is 4.23. The topological polar surface area (TPSA) is 51.0 Å². The molecule has 0 unspecified atom stereocenters. The van der Waals surface area contributed by atoms with Crippen molar-refractivity contribution in [2.75, 3.05) is 6.54 Å². The number of hydrogen-bond acceptors (Lipinski definition) is 3. The number of halogens is 2. The Morgan fingerprint density at radius 3 is 2.64 bits per heavy atom. The van der Waals surface area contributed by atoms with Crippen LogP contribution in [-0.2, 0) is 11.3 Å². The molecule has 7 heteroatoms. The van der Waals surface area contributed by atoms with Crippen molar-refractivity contribution in [1.29, 1.82) is 0 Å². The molecule has 0 spiro atoms. The first kappa shape index (κ1) is 19.0. The van der Waals surface area contributed by atoms with Crippen LogP contribution >= 0.6 is 0 Å². The van der Waals surface area contributed by atoms with E-state index in [0.717, 1.165) is 31.2 Å². The largest absolute Gasteiger partial charge is 0.326 e. The molecule has 2 fully saturated rings. The van der Waals surface area contributed by atoms with Gasteiger partial charge in [0.05, 0.1) is 19.1 Å². The maximum absolute atomic E-state index is 14.3. The van der Waals surface area contributed by atoms with E-state index in [1.165, 1.54) is 11.3 Å². The molecule has 1 saturated heterocycles. The fourth-order valence-corrected chi connectivity index (χ4v) is 4.49. The summed E-state index contributed by atoms with van der Waals surface area (Å²) in [6.07, 6.45) is 7.03. The lowest BCUT2D eigenvalue weighted by molar-refractivity contribution is -0.134. The van der Waals surface area contributed by atoms with Gasteiger partial charge >= 0.3 is 0 Å². The summed E-state index contributed by atoms with van der Waals surface area (Å²) in [6, 6.07) is 9.02. The minimum Gasteiger partial charge on any atom is -0.326 e. The number of rotatable bonds is 5. The molecule has 2 heterocycles. The molecule has 1 saturated carbocycles. The van der Waals surface area contributed by atoms with Gasteiger partial charge in [0.25, 0.3) is 5.92 Å². The number of carbonyl (C=O) groups excluding carboxylic acids is 1. The van der Waals surface area contributed by atoms with Crippen LogP contribution in [0.4, 0.5) is 8.78 Å². The van der Waals surface area contributed by atoms with Gasteiger partial charge in [0.1, 0.15) is 6.33 Å². The van der Waals surface area contributed by atoms with Crippen LogP contribution in [0.3, 0.4) is 0 Å². The van der Waals surface area contributed by atoms with Crippen LogP contribution in [0.15, 0.2) is 36.7 Å². The van der Waals surface area contributed by atoms with Gasteiger partial charge in [-0.2, -0.15) is 0 Å². The Labute approximate surface area is 163 Å². The normalized spacial score (nSPS) is 22.5. The lowest BCUT2D eigenvalue weighted by Crippen LogP contribution is -2.35. The first-order valence-electron chi connectivity index (χ1n) is 10.1. The van der Waals surface area contributed by atoms with Crippen molar-refractivity contribution in [1.82, 2.24) is 19.7 Å². The Kier molecular flexibility index (Phi) is 5.42. The molecule has 0 N–H and O–H groups in total. The number of hydrogen-bond donors (Lipinski definition) is 0. The number of benzene rings is 1.